The molecule has 4 heteroatoms. The average Bonchev–Trinajstić information content (AvgIpc) is 1.84. The normalized spacial score (nSPS) is 10.0. The molecule has 54 valence electrons. The van der Waals surface area contributed by atoms with Crippen LogP contribution in [-0.4, -0.2) is 0 Å². The standard InChI is InChI=1S/C6H3BrF2S/c7-3-1-6(10)5(9)2-4(3)8/h1-2,10H. The highest BCUT2D eigenvalue weighted by atomic mass is 79.9. The maximum Gasteiger partial charge on any atom is 0.140 e. The SMILES string of the molecule is Fc1cc(F)c(Br)cc1S. The molecule has 0 radical (unpaired) electrons. The summed E-state index contributed by atoms with van der Waals surface area (Å²) in [5.74, 6) is -1.26. The molecule has 0 aliphatic rings. The van der Waals surface area contributed by atoms with Gasteiger partial charge in [-0.1, -0.05) is 0 Å². The lowest BCUT2D eigenvalue weighted by Crippen LogP contribution is -1.82. The molecule has 0 aromatic heterocycles. The summed E-state index contributed by atoms with van der Waals surface area (Å²) in [6, 6.07) is 2.06. The lowest BCUT2D eigenvalue weighted by molar-refractivity contribution is 0.562. The summed E-state index contributed by atoms with van der Waals surface area (Å²) in [7, 11) is 0. The molecule has 0 N–H and O–H groups in total. The van der Waals surface area contributed by atoms with Gasteiger partial charge in [0.15, 0.2) is 0 Å². The predicted octanol–water partition coefficient (Wildman–Crippen LogP) is 3.02. The van der Waals surface area contributed by atoms with E-state index in [-0.39, 0.29) is 9.37 Å². The molecule has 0 nitrogen and oxygen atoms in total. The number of rotatable bonds is 0. The van der Waals surface area contributed by atoms with E-state index in [1.807, 2.05) is 0 Å². The van der Waals surface area contributed by atoms with E-state index in [0.717, 1.165) is 6.07 Å². The van der Waals surface area contributed by atoms with Crippen LogP contribution < -0.4 is 0 Å². The van der Waals surface area contributed by atoms with E-state index in [1.165, 1.54) is 6.07 Å². The highest BCUT2D eigenvalue weighted by Gasteiger charge is 2.03. The first kappa shape index (κ1) is 8.01. The van der Waals surface area contributed by atoms with Gasteiger partial charge in [0.05, 0.1) is 4.47 Å². The van der Waals surface area contributed by atoms with Gasteiger partial charge in [-0.3, -0.25) is 0 Å². The minimum Gasteiger partial charge on any atom is -0.206 e. The summed E-state index contributed by atoms with van der Waals surface area (Å²) in [6.07, 6.45) is 0. The Balaban J connectivity index is 3.28. The van der Waals surface area contributed by atoms with Gasteiger partial charge in [0.1, 0.15) is 11.6 Å². The van der Waals surface area contributed by atoms with Crippen LogP contribution in [0.1, 0.15) is 0 Å². The minimum atomic E-state index is -0.649. The van der Waals surface area contributed by atoms with Crippen LogP contribution in [0.3, 0.4) is 0 Å². The second-order valence-corrected chi connectivity index (χ2v) is 3.05. The van der Waals surface area contributed by atoms with Gasteiger partial charge in [-0.05, 0) is 22.0 Å². The van der Waals surface area contributed by atoms with Crippen molar-refractivity contribution in [2.75, 3.05) is 0 Å². The van der Waals surface area contributed by atoms with Crippen molar-refractivity contribution in [1.82, 2.24) is 0 Å². The molecular formula is C6H3BrF2S. The molecule has 1 rings (SSSR count). The Morgan fingerprint density at radius 1 is 1.20 bits per heavy atom. The smallest absolute Gasteiger partial charge is 0.140 e. The van der Waals surface area contributed by atoms with Crippen molar-refractivity contribution < 1.29 is 8.78 Å². The first-order chi connectivity index (χ1) is 4.61. The minimum absolute atomic E-state index is 0.133. The molecule has 0 amide bonds. The fraction of sp³-hybridized carbons (Fsp3) is 0. The van der Waals surface area contributed by atoms with Crippen molar-refractivity contribution in [3.8, 4) is 0 Å². The fourth-order valence-electron chi connectivity index (χ4n) is 0.512. The maximum atomic E-state index is 12.4. The molecule has 1 aromatic rings. The van der Waals surface area contributed by atoms with E-state index in [4.69, 9.17) is 0 Å². The Labute approximate surface area is 70.8 Å². The average molecular weight is 225 g/mol. The van der Waals surface area contributed by atoms with Gasteiger partial charge in [0.25, 0.3) is 0 Å². The molecule has 0 spiro atoms. The van der Waals surface area contributed by atoms with E-state index in [9.17, 15) is 8.78 Å². The van der Waals surface area contributed by atoms with Gasteiger partial charge in [0.2, 0.25) is 0 Å². The van der Waals surface area contributed by atoms with Crippen molar-refractivity contribution in [2.45, 2.75) is 4.90 Å². The summed E-state index contributed by atoms with van der Waals surface area (Å²) in [6.45, 7) is 0. The molecule has 0 unspecified atom stereocenters. The third-order valence-electron chi connectivity index (χ3n) is 0.990. The third kappa shape index (κ3) is 1.49. The monoisotopic (exact) mass is 224 g/mol. The molecule has 0 aliphatic heterocycles. The van der Waals surface area contributed by atoms with Crippen LogP contribution in [0.4, 0.5) is 8.78 Å². The van der Waals surface area contributed by atoms with E-state index in [0.29, 0.717) is 0 Å². The zero-order valence-corrected chi connectivity index (χ0v) is 7.22. The fourth-order valence-corrected chi connectivity index (χ4v) is 1.23. The van der Waals surface area contributed by atoms with Gasteiger partial charge < -0.3 is 0 Å². The Bertz CT molecular complexity index is 212. The molecule has 0 saturated carbocycles. The van der Waals surface area contributed by atoms with Crippen LogP contribution in [-0.2, 0) is 0 Å². The van der Waals surface area contributed by atoms with E-state index in [1.54, 1.807) is 0 Å². The number of benzene rings is 1. The molecule has 0 bridgehead atoms. The summed E-state index contributed by atoms with van der Waals surface area (Å²) < 4.78 is 25.1. The van der Waals surface area contributed by atoms with Crippen LogP contribution in [0.25, 0.3) is 0 Å². The number of halogens is 3. The van der Waals surface area contributed by atoms with Gasteiger partial charge in [-0.15, -0.1) is 12.6 Å². The molecule has 10 heavy (non-hydrogen) atoms. The van der Waals surface area contributed by atoms with Crippen LogP contribution >= 0.6 is 28.6 Å². The Morgan fingerprint density at radius 3 is 2.30 bits per heavy atom. The summed E-state index contributed by atoms with van der Waals surface area (Å²) in [4.78, 5) is 0.133. The van der Waals surface area contributed by atoms with Gasteiger partial charge in [0, 0.05) is 11.0 Å². The molecular weight excluding hydrogens is 222 g/mol. The third-order valence-corrected chi connectivity index (χ3v) is 1.94. The largest absolute Gasteiger partial charge is 0.206 e. The Hall–Kier alpha value is -0.0900. The first-order valence-corrected chi connectivity index (χ1v) is 3.69. The Kier molecular flexibility index (Phi) is 2.31. The molecule has 1 aromatic carbocycles. The zero-order chi connectivity index (χ0) is 7.72. The summed E-state index contributed by atoms with van der Waals surface area (Å²) >= 11 is 6.63. The second kappa shape index (κ2) is 2.88. The van der Waals surface area contributed by atoms with E-state index in [2.05, 4.69) is 28.6 Å². The highest BCUT2D eigenvalue weighted by Crippen LogP contribution is 2.21. The van der Waals surface area contributed by atoms with Gasteiger partial charge in [-0.2, -0.15) is 0 Å². The van der Waals surface area contributed by atoms with Crippen LogP contribution in [0.5, 0.6) is 0 Å². The highest BCUT2D eigenvalue weighted by molar-refractivity contribution is 9.10. The van der Waals surface area contributed by atoms with Gasteiger partial charge >= 0.3 is 0 Å². The van der Waals surface area contributed by atoms with Crippen molar-refractivity contribution in [1.29, 1.82) is 0 Å². The Morgan fingerprint density at radius 2 is 1.80 bits per heavy atom. The second-order valence-electron chi connectivity index (χ2n) is 1.72. The zero-order valence-electron chi connectivity index (χ0n) is 4.74. The number of hydrogen-bond donors (Lipinski definition) is 1. The summed E-state index contributed by atoms with van der Waals surface area (Å²) in [5, 5.41) is 0. The lowest BCUT2D eigenvalue weighted by atomic mass is 10.3. The van der Waals surface area contributed by atoms with E-state index >= 15 is 0 Å². The van der Waals surface area contributed by atoms with Crippen LogP contribution in [0.15, 0.2) is 21.5 Å². The predicted molar refractivity (Wildman–Crippen MR) is 41.3 cm³/mol. The van der Waals surface area contributed by atoms with Crippen molar-refractivity contribution in [3.63, 3.8) is 0 Å². The van der Waals surface area contributed by atoms with E-state index < -0.39 is 11.6 Å². The molecule has 0 heterocycles. The van der Waals surface area contributed by atoms with Crippen LogP contribution in [0, 0.1) is 11.6 Å². The quantitative estimate of drug-likeness (QED) is 0.509. The molecule has 0 fully saturated rings. The number of hydrogen-bond acceptors (Lipinski definition) is 1. The molecule has 0 aliphatic carbocycles. The topological polar surface area (TPSA) is 0 Å². The molecule has 0 saturated heterocycles. The van der Waals surface area contributed by atoms with Crippen LogP contribution in [0.2, 0.25) is 0 Å². The lowest BCUT2D eigenvalue weighted by Gasteiger charge is -1.96. The number of thiol groups is 1. The van der Waals surface area contributed by atoms with Crippen molar-refractivity contribution >= 4 is 28.6 Å². The molecule has 0 atom stereocenters. The van der Waals surface area contributed by atoms with Gasteiger partial charge in [-0.25, -0.2) is 8.78 Å². The summed E-state index contributed by atoms with van der Waals surface area (Å²) in [5.41, 5.74) is 0. The first-order valence-electron chi connectivity index (χ1n) is 2.45. The van der Waals surface area contributed by atoms with Crippen molar-refractivity contribution in [3.05, 3.63) is 28.2 Å². The van der Waals surface area contributed by atoms with Crippen molar-refractivity contribution in [2.24, 2.45) is 0 Å². The maximum absolute atomic E-state index is 12.4.